The van der Waals surface area contributed by atoms with Crippen LogP contribution in [0.5, 0.6) is 0 Å². The summed E-state index contributed by atoms with van der Waals surface area (Å²) in [6.07, 6.45) is 0.111. The van der Waals surface area contributed by atoms with E-state index in [1.54, 1.807) is 0 Å². The highest BCUT2D eigenvalue weighted by molar-refractivity contribution is 9.08. The predicted octanol–water partition coefficient (Wildman–Crippen LogP) is 4.77. The number of hydrogen-bond acceptors (Lipinski definition) is 7. The van der Waals surface area contributed by atoms with E-state index in [2.05, 4.69) is 15.9 Å². The van der Waals surface area contributed by atoms with E-state index >= 15 is 0 Å². The van der Waals surface area contributed by atoms with Gasteiger partial charge in [0.05, 0.1) is 28.4 Å². The number of non-ortho nitro benzene ring substituents is 1. The Kier molecular flexibility index (Phi) is 7.29. The van der Waals surface area contributed by atoms with Gasteiger partial charge in [-0.3, -0.25) is 24.0 Å². The highest BCUT2D eigenvalue weighted by atomic mass is 79.9. The summed E-state index contributed by atoms with van der Waals surface area (Å²) >= 11 is 4.48. The third kappa shape index (κ3) is 4.96. The zero-order valence-electron chi connectivity index (χ0n) is 20.1. The lowest BCUT2D eigenvalue weighted by molar-refractivity contribution is -0.384. The van der Waals surface area contributed by atoms with E-state index in [4.69, 9.17) is 0 Å². The lowest BCUT2D eigenvalue weighted by Gasteiger charge is -2.24. The summed E-state index contributed by atoms with van der Waals surface area (Å²) in [5.74, 6) is -2.09. The van der Waals surface area contributed by atoms with Crippen molar-refractivity contribution < 1.29 is 22.1 Å². The number of rotatable bonds is 6. The normalized spacial score (nSPS) is 15.6. The van der Waals surface area contributed by atoms with Crippen LogP contribution in [-0.4, -0.2) is 34.0 Å². The number of halogens is 3. The summed E-state index contributed by atoms with van der Waals surface area (Å²) in [5.41, 5.74) is -0.832. The standard InChI is InChI=1S/C25H20BrF2N3O6S2/c26-12-17-21-23(32)30(15-8-10-39(36,37)11-9-15)25(33)29(13-18-19(27)2-1-3-20(18)28)24(21)38-22(17)14-4-6-16(7-5-14)31(34)35/h1-7,15H,8-13H2. The topological polar surface area (TPSA) is 121 Å². The monoisotopic (exact) mass is 639 g/mol. The Bertz CT molecular complexity index is 1810. The molecule has 1 saturated heterocycles. The van der Waals surface area contributed by atoms with Gasteiger partial charge in [-0.1, -0.05) is 22.0 Å². The molecule has 2 aromatic heterocycles. The van der Waals surface area contributed by atoms with Crippen LogP contribution in [0.25, 0.3) is 20.7 Å². The maximum atomic E-state index is 14.7. The van der Waals surface area contributed by atoms with Gasteiger partial charge in [-0.2, -0.15) is 0 Å². The van der Waals surface area contributed by atoms with Crippen molar-refractivity contribution in [2.75, 3.05) is 11.5 Å². The molecule has 14 heteroatoms. The molecule has 2 aromatic carbocycles. The molecule has 0 spiro atoms. The molecule has 204 valence electrons. The van der Waals surface area contributed by atoms with Gasteiger partial charge in [0.25, 0.3) is 11.2 Å². The lowest BCUT2D eigenvalue weighted by atomic mass is 10.1. The SMILES string of the molecule is O=c1c2c(CBr)c(-c3ccc([N+](=O)[O-])cc3)sc2n(Cc2c(F)cccc2F)c(=O)n1C1CCS(=O)(=O)CC1. The van der Waals surface area contributed by atoms with E-state index in [0.29, 0.717) is 16.0 Å². The van der Waals surface area contributed by atoms with E-state index in [9.17, 15) is 36.9 Å². The number of hydrogen-bond donors (Lipinski definition) is 0. The first-order valence-electron chi connectivity index (χ1n) is 11.8. The minimum atomic E-state index is -3.29. The number of alkyl halides is 1. The van der Waals surface area contributed by atoms with Crippen molar-refractivity contribution in [1.29, 1.82) is 0 Å². The summed E-state index contributed by atoms with van der Waals surface area (Å²) in [4.78, 5) is 39.0. The third-order valence-corrected chi connectivity index (χ3v) is 10.4. The molecule has 1 aliphatic heterocycles. The van der Waals surface area contributed by atoms with Crippen LogP contribution in [0.1, 0.15) is 30.0 Å². The van der Waals surface area contributed by atoms with Crippen LogP contribution in [0.15, 0.2) is 52.1 Å². The van der Waals surface area contributed by atoms with E-state index in [-0.39, 0.29) is 51.1 Å². The number of nitrogens with zero attached hydrogens (tertiary/aromatic N) is 3. The first-order chi connectivity index (χ1) is 18.5. The maximum Gasteiger partial charge on any atom is 0.332 e. The maximum absolute atomic E-state index is 14.7. The fourth-order valence-corrected chi connectivity index (χ4v) is 8.34. The second-order valence-electron chi connectivity index (χ2n) is 9.15. The second kappa shape index (κ2) is 10.4. The smallest absolute Gasteiger partial charge is 0.280 e. The average molecular weight is 640 g/mol. The Morgan fingerprint density at radius 2 is 1.64 bits per heavy atom. The number of nitro groups is 1. The number of thiophene rings is 1. The predicted molar refractivity (Wildman–Crippen MR) is 147 cm³/mol. The van der Waals surface area contributed by atoms with Crippen LogP contribution in [0.3, 0.4) is 0 Å². The molecule has 3 heterocycles. The van der Waals surface area contributed by atoms with Gasteiger partial charge < -0.3 is 0 Å². The summed E-state index contributed by atoms with van der Waals surface area (Å²) in [6, 6.07) is 8.33. The number of sulfone groups is 1. The highest BCUT2D eigenvalue weighted by Gasteiger charge is 2.30. The van der Waals surface area contributed by atoms with Crippen LogP contribution in [0.4, 0.5) is 14.5 Å². The van der Waals surface area contributed by atoms with Crippen molar-refractivity contribution in [2.24, 2.45) is 0 Å². The number of fused-ring (bicyclic) bond motifs is 1. The van der Waals surface area contributed by atoms with Crippen LogP contribution >= 0.6 is 27.3 Å². The fraction of sp³-hybridized carbons (Fsp3) is 0.280. The molecule has 5 rings (SSSR count). The molecule has 4 aromatic rings. The molecule has 0 amide bonds. The lowest BCUT2D eigenvalue weighted by Crippen LogP contribution is -2.44. The van der Waals surface area contributed by atoms with Crippen LogP contribution < -0.4 is 11.2 Å². The van der Waals surface area contributed by atoms with E-state index < -0.39 is 50.2 Å². The van der Waals surface area contributed by atoms with Gasteiger partial charge in [0.2, 0.25) is 0 Å². The average Bonchev–Trinajstić information content (AvgIpc) is 3.29. The Hall–Kier alpha value is -3.23. The molecule has 0 unspecified atom stereocenters. The Morgan fingerprint density at radius 3 is 2.21 bits per heavy atom. The molecule has 0 atom stereocenters. The summed E-state index contributed by atoms with van der Waals surface area (Å²) < 4.78 is 55.5. The summed E-state index contributed by atoms with van der Waals surface area (Å²) in [5, 5.41) is 11.5. The van der Waals surface area contributed by atoms with E-state index in [0.717, 1.165) is 32.6 Å². The van der Waals surface area contributed by atoms with Gasteiger partial charge in [-0.25, -0.2) is 22.0 Å². The Balaban J connectivity index is 1.79. The Labute approximate surface area is 232 Å². The first kappa shape index (κ1) is 27.3. The van der Waals surface area contributed by atoms with Crippen molar-refractivity contribution in [2.45, 2.75) is 30.8 Å². The van der Waals surface area contributed by atoms with Crippen molar-refractivity contribution in [3.63, 3.8) is 0 Å². The fourth-order valence-electron chi connectivity index (χ4n) is 4.82. The zero-order chi connectivity index (χ0) is 28.1. The van der Waals surface area contributed by atoms with Crippen LogP contribution in [-0.2, 0) is 21.7 Å². The minimum absolute atomic E-state index is 0.0556. The van der Waals surface area contributed by atoms with E-state index in [1.807, 2.05) is 0 Å². The van der Waals surface area contributed by atoms with Gasteiger partial charge in [0.15, 0.2) is 0 Å². The van der Waals surface area contributed by atoms with E-state index in [1.165, 1.54) is 30.3 Å². The quantitative estimate of drug-likeness (QED) is 0.170. The van der Waals surface area contributed by atoms with Gasteiger partial charge in [-0.15, -0.1) is 11.3 Å². The number of aromatic nitrogens is 2. The van der Waals surface area contributed by atoms with Gasteiger partial charge >= 0.3 is 5.69 Å². The van der Waals surface area contributed by atoms with Gasteiger partial charge in [-0.05, 0) is 48.2 Å². The molecule has 0 N–H and O–H groups in total. The largest absolute Gasteiger partial charge is 0.332 e. The van der Waals surface area contributed by atoms with Crippen molar-refractivity contribution in [3.8, 4) is 10.4 Å². The van der Waals surface area contributed by atoms with Crippen molar-refractivity contribution in [3.05, 3.63) is 96.2 Å². The minimum Gasteiger partial charge on any atom is -0.280 e. The van der Waals surface area contributed by atoms with Gasteiger partial charge in [0.1, 0.15) is 26.3 Å². The number of nitro benzene ring substituents is 1. The van der Waals surface area contributed by atoms with Crippen LogP contribution in [0.2, 0.25) is 0 Å². The molecule has 39 heavy (non-hydrogen) atoms. The Morgan fingerprint density at radius 1 is 1.03 bits per heavy atom. The van der Waals surface area contributed by atoms with Crippen molar-refractivity contribution in [1.82, 2.24) is 9.13 Å². The van der Waals surface area contributed by atoms with Gasteiger partial charge in [0, 0.05) is 33.9 Å². The second-order valence-corrected chi connectivity index (χ2v) is 13.0. The molecule has 0 bridgehead atoms. The van der Waals surface area contributed by atoms with Crippen LogP contribution in [0, 0.1) is 21.7 Å². The molecule has 0 aliphatic carbocycles. The number of benzene rings is 2. The summed E-state index contributed by atoms with van der Waals surface area (Å²) in [6.45, 7) is -0.499. The zero-order valence-corrected chi connectivity index (χ0v) is 23.3. The molecule has 0 radical (unpaired) electrons. The summed E-state index contributed by atoms with van der Waals surface area (Å²) in [7, 11) is -3.29. The molecule has 0 saturated carbocycles. The first-order valence-corrected chi connectivity index (χ1v) is 15.5. The highest BCUT2D eigenvalue weighted by Crippen LogP contribution is 2.39. The molecule has 1 fully saturated rings. The molecule has 1 aliphatic rings. The molecular formula is C25H20BrF2N3O6S2. The third-order valence-electron chi connectivity index (χ3n) is 6.84. The molecular weight excluding hydrogens is 620 g/mol. The van der Waals surface area contributed by atoms with Crippen molar-refractivity contribution >= 4 is 53.0 Å². The molecule has 9 nitrogen and oxygen atoms in total.